The van der Waals surface area contributed by atoms with Crippen LogP contribution < -0.4 is 10.6 Å². The molecule has 1 aliphatic carbocycles. The third-order valence-corrected chi connectivity index (χ3v) is 6.46. The summed E-state index contributed by atoms with van der Waals surface area (Å²) in [5.74, 6) is -1.75. The molecule has 2 aromatic rings. The van der Waals surface area contributed by atoms with E-state index in [0.29, 0.717) is 13.0 Å². The second-order valence-electron chi connectivity index (χ2n) is 8.66. The van der Waals surface area contributed by atoms with E-state index < -0.39 is 24.0 Å². The normalized spacial score (nSPS) is 15.0. The van der Waals surface area contributed by atoms with Crippen molar-refractivity contribution in [1.82, 2.24) is 10.6 Å². The molecule has 3 N–H and O–H groups in total. The molecule has 3 unspecified atom stereocenters. The van der Waals surface area contributed by atoms with Crippen molar-refractivity contribution in [3.63, 3.8) is 0 Å². The summed E-state index contributed by atoms with van der Waals surface area (Å²) in [6.07, 6.45) is 0.106. The Labute approximate surface area is 194 Å². The highest BCUT2D eigenvalue weighted by Crippen LogP contribution is 2.44. The predicted molar refractivity (Wildman–Crippen MR) is 126 cm³/mol. The molecule has 176 valence electrons. The maximum Gasteiger partial charge on any atom is 0.407 e. The molecule has 1 aliphatic rings. The fraction of sp³-hybridized carbons (Fsp3) is 0.423. The van der Waals surface area contributed by atoms with Crippen LogP contribution in [-0.4, -0.2) is 42.3 Å². The van der Waals surface area contributed by atoms with Crippen LogP contribution in [0.15, 0.2) is 48.5 Å². The Bertz CT molecular complexity index is 960. The number of aliphatic carboxylic acids is 1. The Kier molecular flexibility index (Phi) is 8.09. The first-order valence-electron chi connectivity index (χ1n) is 11.4. The van der Waals surface area contributed by atoms with Crippen molar-refractivity contribution in [3.8, 4) is 11.1 Å². The molecular weight excluding hydrogens is 420 g/mol. The molecule has 2 aromatic carbocycles. The van der Waals surface area contributed by atoms with Gasteiger partial charge in [-0.2, -0.15) is 0 Å². The summed E-state index contributed by atoms with van der Waals surface area (Å²) in [5, 5.41) is 14.5. The minimum Gasteiger partial charge on any atom is -0.481 e. The predicted octanol–water partition coefficient (Wildman–Crippen LogP) is 4.17. The minimum absolute atomic E-state index is 0.0126. The molecule has 33 heavy (non-hydrogen) atoms. The first-order chi connectivity index (χ1) is 15.8. The molecule has 0 fully saturated rings. The Balaban J connectivity index is 1.51. The molecule has 0 aromatic heterocycles. The van der Waals surface area contributed by atoms with Gasteiger partial charge in [0.25, 0.3) is 0 Å². The Hall–Kier alpha value is -3.35. The van der Waals surface area contributed by atoms with Crippen LogP contribution in [0.4, 0.5) is 4.79 Å². The van der Waals surface area contributed by atoms with Crippen LogP contribution >= 0.6 is 0 Å². The van der Waals surface area contributed by atoms with Crippen LogP contribution in [0.1, 0.15) is 50.7 Å². The molecule has 0 spiro atoms. The fourth-order valence-corrected chi connectivity index (χ4v) is 4.19. The number of benzene rings is 2. The van der Waals surface area contributed by atoms with Gasteiger partial charge >= 0.3 is 12.1 Å². The molecule has 7 nitrogen and oxygen atoms in total. The Morgan fingerprint density at radius 1 is 1.00 bits per heavy atom. The number of hydrogen-bond donors (Lipinski definition) is 3. The van der Waals surface area contributed by atoms with Gasteiger partial charge in [-0.1, -0.05) is 68.8 Å². The van der Waals surface area contributed by atoms with E-state index in [1.54, 1.807) is 13.8 Å². The number of hydrogen-bond acceptors (Lipinski definition) is 4. The Morgan fingerprint density at radius 2 is 1.58 bits per heavy atom. The van der Waals surface area contributed by atoms with E-state index in [1.165, 1.54) is 0 Å². The van der Waals surface area contributed by atoms with E-state index in [9.17, 15) is 14.4 Å². The average Bonchev–Trinajstić information content (AvgIpc) is 3.13. The summed E-state index contributed by atoms with van der Waals surface area (Å²) in [5.41, 5.74) is 4.60. The highest BCUT2D eigenvalue weighted by atomic mass is 16.5. The SMILES string of the molecule is CCC(CNC(=O)C(C)C(C)NC(=O)OCC1c2ccccc2-c2ccccc21)CC(=O)O. The number of ether oxygens (including phenoxy) is 1. The lowest BCUT2D eigenvalue weighted by molar-refractivity contribution is -0.138. The molecule has 0 bridgehead atoms. The van der Waals surface area contributed by atoms with Gasteiger partial charge in [-0.05, 0) is 35.1 Å². The molecule has 7 heteroatoms. The summed E-state index contributed by atoms with van der Waals surface area (Å²) < 4.78 is 5.55. The van der Waals surface area contributed by atoms with Crippen LogP contribution in [0.5, 0.6) is 0 Å². The zero-order valence-electron chi connectivity index (χ0n) is 19.3. The van der Waals surface area contributed by atoms with Crippen molar-refractivity contribution in [2.24, 2.45) is 11.8 Å². The standard InChI is InChI=1S/C26H32N2O5/c1-4-18(13-24(29)30)14-27-25(31)16(2)17(3)28-26(32)33-15-23-21-11-7-5-9-19(21)20-10-6-8-12-22(20)23/h5-12,16-18,23H,4,13-15H2,1-3H3,(H,27,31)(H,28,32)(H,29,30). The van der Waals surface area contributed by atoms with Crippen LogP contribution in [0, 0.1) is 11.8 Å². The lowest BCUT2D eigenvalue weighted by atomic mass is 9.98. The number of fused-ring (bicyclic) bond motifs is 3. The van der Waals surface area contributed by atoms with Crippen LogP contribution in [0.3, 0.4) is 0 Å². The van der Waals surface area contributed by atoms with E-state index in [0.717, 1.165) is 22.3 Å². The third kappa shape index (κ3) is 5.92. The molecule has 0 saturated carbocycles. The number of carbonyl (C=O) groups excluding carboxylic acids is 2. The minimum atomic E-state index is -0.880. The van der Waals surface area contributed by atoms with Gasteiger partial charge in [0, 0.05) is 24.9 Å². The summed E-state index contributed by atoms with van der Waals surface area (Å²) in [6, 6.07) is 15.8. The highest BCUT2D eigenvalue weighted by molar-refractivity contribution is 5.80. The summed E-state index contributed by atoms with van der Waals surface area (Å²) in [7, 11) is 0. The van der Waals surface area contributed by atoms with Crippen LogP contribution in [0.2, 0.25) is 0 Å². The van der Waals surface area contributed by atoms with Crippen molar-refractivity contribution >= 4 is 18.0 Å². The third-order valence-electron chi connectivity index (χ3n) is 6.46. The van der Waals surface area contributed by atoms with Gasteiger partial charge in [0.05, 0.1) is 5.92 Å². The highest BCUT2D eigenvalue weighted by Gasteiger charge is 2.29. The number of rotatable bonds is 10. The molecular formula is C26H32N2O5. The number of carboxylic acid groups (broad SMARTS) is 1. The molecule has 3 rings (SSSR count). The van der Waals surface area contributed by atoms with Crippen molar-refractivity contribution < 1.29 is 24.2 Å². The van der Waals surface area contributed by atoms with E-state index >= 15 is 0 Å². The fourth-order valence-electron chi connectivity index (χ4n) is 4.19. The average molecular weight is 453 g/mol. The largest absolute Gasteiger partial charge is 0.481 e. The molecule has 0 aliphatic heterocycles. The zero-order valence-corrected chi connectivity index (χ0v) is 19.3. The number of carboxylic acids is 1. The van der Waals surface area contributed by atoms with E-state index in [1.807, 2.05) is 31.2 Å². The first-order valence-corrected chi connectivity index (χ1v) is 11.4. The maximum absolute atomic E-state index is 12.5. The number of amides is 2. The first kappa shape index (κ1) is 24.3. The van der Waals surface area contributed by atoms with Gasteiger partial charge in [0.2, 0.25) is 5.91 Å². The van der Waals surface area contributed by atoms with Crippen LogP contribution in [-0.2, 0) is 14.3 Å². The quantitative estimate of drug-likeness (QED) is 0.502. The zero-order chi connectivity index (χ0) is 24.0. The lowest BCUT2D eigenvalue weighted by Crippen LogP contribution is -2.45. The van der Waals surface area contributed by atoms with Crippen molar-refractivity contribution in [2.75, 3.05) is 13.2 Å². The Morgan fingerprint density at radius 3 is 2.12 bits per heavy atom. The smallest absolute Gasteiger partial charge is 0.407 e. The summed E-state index contributed by atoms with van der Waals surface area (Å²) in [4.78, 5) is 35.8. The lowest BCUT2D eigenvalue weighted by Gasteiger charge is -2.22. The number of nitrogens with one attached hydrogen (secondary N) is 2. The topological polar surface area (TPSA) is 105 Å². The van der Waals surface area contributed by atoms with E-state index in [2.05, 4.69) is 34.9 Å². The molecule has 0 saturated heterocycles. The van der Waals surface area contributed by atoms with E-state index in [4.69, 9.17) is 9.84 Å². The molecule has 0 heterocycles. The van der Waals surface area contributed by atoms with Gasteiger partial charge in [-0.3, -0.25) is 9.59 Å². The number of carbonyl (C=O) groups is 3. The summed E-state index contributed by atoms with van der Waals surface area (Å²) in [6.45, 7) is 5.87. The molecule has 3 atom stereocenters. The van der Waals surface area contributed by atoms with Crippen LogP contribution in [0.25, 0.3) is 11.1 Å². The second-order valence-corrected chi connectivity index (χ2v) is 8.66. The van der Waals surface area contributed by atoms with Gasteiger partial charge in [-0.15, -0.1) is 0 Å². The monoisotopic (exact) mass is 452 g/mol. The van der Waals surface area contributed by atoms with Crippen molar-refractivity contribution in [3.05, 3.63) is 59.7 Å². The van der Waals surface area contributed by atoms with Gasteiger partial charge in [0.15, 0.2) is 0 Å². The molecule has 2 amide bonds. The maximum atomic E-state index is 12.5. The van der Waals surface area contributed by atoms with Gasteiger partial charge < -0.3 is 20.5 Å². The molecule has 0 radical (unpaired) electrons. The number of alkyl carbamates (subject to hydrolysis) is 1. The van der Waals surface area contributed by atoms with Gasteiger partial charge in [-0.25, -0.2) is 4.79 Å². The van der Waals surface area contributed by atoms with Crippen molar-refractivity contribution in [1.29, 1.82) is 0 Å². The van der Waals surface area contributed by atoms with Crippen molar-refractivity contribution in [2.45, 2.75) is 45.6 Å². The van der Waals surface area contributed by atoms with E-state index in [-0.39, 0.29) is 30.8 Å². The summed E-state index contributed by atoms with van der Waals surface area (Å²) >= 11 is 0. The second kappa shape index (κ2) is 11.0. The van der Waals surface area contributed by atoms with Gasteiger partial charge in [0.1, 0.15) is 6.61 Å².